The van der Waals surface area contributed by atoms with Crippen LogP contribution in [0.15, 0.2) is 46.5 Å². The number of hydrogen-bond acceptors (Lipinski definition) is 4. The van der Waals surface area contributed by atoms with E-state index in [9.17, 15) is 0 Å². The van der Waals surface area contributed by atoms with Crippen molar-refractivity contribution < 1.29 is 0 Å². The zero-order valence-electron chi connectivity index (χ0n) is 11.4. The molecule has 0 radical (unpaired) electrons. The summed E-state index contributed by atoms with van der Waals surface area (Å²) in [4.78, 5) is 10.5. The van der Waals surface area contributed by atoms with Gasteiger partial charge in [0.1, 0.15) is 15.7 Å². The first-order valence-corrected chi connectivity index (χ1v) is 7.81. The first-order valence-electron chi connectivity index (χ1n) is 6.59. The van der Waals surface area contributed by atoms with Gasteiger partial charge in [-0.05, 0) is 25.0 Å². The number of nitrogens with zero attached hydrogens (tertiary/aromatic N) is 2. The molecule has 1 aromatic heterocycles. The summed E-state index contributed by atoms with van der Waals surface area (Å²) in [6, 6.07) is 10.1. The van der Waals surface area contributed by atoms with Gasteiger partial charge in [-0.3, -0.25) is 4.98 Å². The maximum atomic E-state index is 5.65. The van der Waals surface area contributed by atoms with Gasteiger partial charge in [-0.2, -0.15) is 0 Å². The summed E-state index contributed by atoms with van der Waals surface area (Å²) >= 11 is 6.59. The van der Waals surface area contributed by atoms with E-state index in [4.69, 9.17) is 18.0 Å². The molecule has 0 aliphatic carbocycles. The normalized spacial score (nSPS) is 10.4. The molecule has 0 saturated heterocycles. The van der Waals surface area contributed by atoms with Gasteiger partial charge in [0.15, 0.2) is 0 Å². The zero-order chi connectivity index (χ0) is 14.4. The molecule has 1 heterocycles. The monoisotopic (exact) mass is 303 g/mol. The van der Waals surface area contributed by atoms with Crippen molar-refractivity contribution in [2.45, 2.75) is 36.1 Å². The second-order valence-electron chi connectivity index (χ2n) is 4.39. The molecule has 104 valence electrons. The van der Waals surface area contributed by atoms with E-state index >= 15 is 0 Å². The van der Waals surface area contributed by atoms with Crippen LogP contribution in [-0.4, -0.2) is 15.0 Å². The quantitative estimate of drug-likeness (QED) is 0.826. The first kappa shape index (κ1) is 14.9. The van der Waals surface area contributed by atoms with Crippen LogP contribution in [-0.2, 0) is 6.42 Å². The number of benzene rings is 1. The summed E-state index contributed by atoms with van der Waals surface area (Å²) in [6.07, 6.45) is 4.83. The van der Waals surface area contributed by atoms with E-state index in [2.05, 4.69) is 29.0 Å². The van der Waals surface area contributed by atoms with E-state index in [1.54, 1.807) is 18.0 Å². The number of nitrogens with two attached hydrogens (primary N) is 1. The fourth-order valence-corrected chi connectivity index (χ4v) is 2.74. The molecule has 0 aliphatic rings. The van der Waals surface area contributed by atoms with Crippen LogP contribution < -0.4 is 5.73 Å². The maximum absolute atomic E-state index is 5.65. The Hall–Kier alpha value is -1.46. The van der Waals surface area contributed by atoms with Gasteiger partial charge in [0.25, 0.3) is 0 Å². The van der Waals surface area contributed by atoms with Gasteiger partial charge in [0.05, 0.1) is 11.9 Å². The predicted molar refractivity (Wildman–Crippen MR) is 87.1 cm³/mol. The molecule has 0 aliphatic heterocycles. The Labute approximate surface area is 129 Å². The number of aromatic nitrogens is 2. The molecule has 2 rings (SSSR count). The summed E-state index contributed by atoms with van der Waals surface area (Å²) in [5, 5.41) is 0.898. The molecule has 0 atom stereocenters. The highest BCUT2D eigenvalue weighted by atomic mass is 32.2. The highest BCUT2D eigenvalue weighted by Crippen LogP contribution is 2.28. The van der Waals surface area contributed by atoms with E-state index in [0.717, 1.165) is 34.9 Å². The second-order valence-corrected chi connectivity index (χ2v) is 5.89. The van der Waals surface area contributed by atoms with Crippen LogP contribution in [0, 0.1) is 0 Å². The summed E-state index contributed by atoms with van der Waals surface area (Å²) in [5.74, 6) is 0. The molecular formula is C15H17N3S2. The van der Waals surface area contributed by atoms with Gasteiger partial charge in [-0.15, -0.1) is 0 Å². The molecule has 20 heavy (non-hydrogen) atoms. The Morgan fingerprint density at radius 3 is 2.70 bits per heavy atom. The minimum atomic E-state index is 0.287. The molecule has 0 amide bonds. The van der Waals surface area contributed by atoms with Gasteiger partial charge in [0.2, 0.25) is 0 Å². The van der Waals surface area contributed by atoms with Crippen molar-refractivity contribution in [1.82, 2.24) is 9.97 Å². The Morgan fingerprint density at radius 2 is 2.05 bits per heavy atom. The minimum Gasteiger partial charge on any atom is -0.388 e. The van der Waals surface area contributed by atoms with Gasteiger partial charge >= 0.3 is 0 Å². The standard InChI is InChI=1S/C15H17N3S2/c1-2-3-9-12-15(18-13(10-17-12)14(16)19)20-11-7-5-4-6-8-11/h4-8,10H,2-3,9H2,1H3,(H2,16,19). The molecule has 1 aromatic carbocycles. The molecule has 0 saturated carbocycles. The number of thiocarbonyl (C=S) groups is 1. The SMILES string of the molecule is CCCCc1ncc(C(N)=S)nc1Sc1ccccc1. The molecule has 0 fully saturated rings. The Morgan fingerprint density at radius 1 is 1.30 bits per heavy atom. The minimum absolute atomic E-state index is 0.287. The molecule has 2 N–H and O–H groups in total. The maximum Gasteiger partial charge on any atom is 0.124 e. The van der Waals surface area contributed by atoms with Crippen LogP contribution in [0.4, 0.5) is 0 Å². The van der Waals surface area contributed by atoms with Crippen molar-refractivity contribution in [3.63, 3.8) is 0 Å². The third-order valence-corrected chi connectivity index (χ3v) is 4.03. The van der Waals surface area contributed by atoms with Crippen LogP contribution in [0.25, 0.3) is 0 Å². The van der Waals surface area contributed by atoms with Crippen molar-refractivity contribution in [1.29, 1.82) is 0 Å². The summed E-state index contributed by atoms with van der Waals surface area (Å²) in [6.45, 7) is 2.17. The molecule has 2 aromatic rings. The van der Waals surface area contributed by atoms with E-state index in [0.29, 0.717) is 5.69 Å². The van der Waals surface area contributed by atoms with Crippen LogP contribution in [0.2, 0.25) is 0 Å². The molecule has 3 nitrogen and oxygen atoms in total. The lowest BCUT2D eigenvalue weighted by Gasteiger charge is -2.09. The van der Waals surface area contributed by atoms with Gasteiger partial charge in [-0.1, -0.05) is 55.5 Å². The summed E-state index contributed by atoms with van der Waals surface area (Å²) < 4.78 is 0. The Balaban J connectivity index is 2.30. The van der Waals surface area contributed by atoms with Gasteiger partial charge in [-0.25, -0.2) is 4.98 Å². The molecule has 0 unspecified atom stereocenters. The molecular weight excluding hydrogens is 286 g/mol. The second kappa shape index (κ2) is 7.36. The van der Waals surface area contributed by atoms with E-state index in [1.165, 1.54) is 0 Å². The highest BCUT2D eigenvalue weighted by Gasteiger charge is 2.10. The lowest BCUT2D eigenvalue weighted by Crippen LogP contribution is -2.13. The smallest absolute Gasteiger partial charge is 0.124 e. The number of aryl methyl sites for hydroxylation is 1. The molecule has 5 heteroatoms. The fourth-order valence-electron chi connectivity index (χ4n) is 1.71. The van der Waals surface area contributed by atoms with Crippen molar-refractivity contribution in [2.75, 3.05) is 0 Å². The summed E-state index contributed by atoms with van der Waals surface area (Å²) in [7, 11) is 0. The van der Waals surface area contributed by atoms with Crippen molar-refractivity contribution in [3.05, 3.63) is 47.9 Å². The third-order valence-electron chi connectivity index (χ3n) is 2.79. The number of hydrogen-bond donors (Lipinski definition) is 1. The number of unbranched alkanes of at least 4 members (excludes halogenated alkanes) is 1. The van der Waals surface area contributed by atoms with E-state index in [-0.39, 0.29) is 4.99 Å². The van der Waals surface area contributed by atoms with Crippen LogP contribution in [0.1, 0.15) is 31.2 Å². The third kappa shape index (κ3) is 4.02. The largest absolute Gasteiger partial charge is 0.388 e. The van der Waals surface area contributed by atoms with Gasteiger partial charge < -0.3 is 5.73 Å². The number of rotatable bonds is 6. The topological polar surface area (TPSA) is 51.8 Å². The van der Waals surface area contributed by atoms with Crippen LogP contribution in [0.5, 0.6) is 0 Å². The Kier molecular flexibility index (Phi) is 5.49. The predicted octanol–water partition coefficient (Wildman–Crippen LogP) is 3.60. The van der Waals surface area contributed by atoms with Crippen molar-refractivity contribution in [2.24, 2.45) is 5.73 Å². The average molecular weight is 303 g/mol. The highest BCUT2D eigenvalue weighted by molar-refractivity contribution is 7.99. The van der Waals surface area contributed by atoms with Crippen molar-refractivity contribution >= 4 is 29.0 Å². The fraction of sp³-hybridized carbons (Fsp3) is 0.267. The molecule has 0 bridgehead atoms. The lowest BCUT2D eigenvalue weighted by molar-refractivity contribution is 0.749. The van der Waals surface area contributed by atoms with Crippen LogP contribution >= 0.6 is 24.0 Å². The molecule has 0 spiro atoms. The Bertz CT molecular complexity index is 585. The zero-order valence-corrected chi connectivity index (χ0v) is 13.0. The van der Waals surface area contributed by atoms with Crippen LogP contribution in [0.3, 0.4) is 0 Å². The van der Waals surface area contributed by atoms with E-state index < -0.39 is 0 Å². The lowest BCUT2D eigenvalue weighted by atomic mass is 10.2. The average Bonchev–Trinajstić information content (AvgIpc) is 2.47. The van der Waals surface area contributed by atoms with E-state index in [1.807, 2.05) is 18.2 Å². The first-order chi connectivity index (χ1) is 9.70. The van der Waals surface area contributed by atoms with Gasteiger partial charge in [0, 0.05) is 4.90 Å². The van der Waals surface area contributed by atoms with Crippen molar-refractivity contribution in [3.8, 4) is 0 Å². The summed E-state index contributed by atoms with van der Waals surface area (Å²) in [5.41, 5.74) is 7.24.